The lowest BCUT2D eigenvalue weighted by Crippen LogP contribution is -2.34. The van der Waals surface area contributed by atoms with Gasteiger partial charge in [0.1, 0.15) is 0 Å². The Hall–Kier alpha value is -0.610. The van der Waals surface area contributed by atoms with Crippen molar-refractivity contribution in [3.05, 3.63) is 0 Å². The van der Waals surface area contributed by atoms with Gasteiger partial charge in [-0.1, -0.05) is 20.3 Å². The Kier molecular flexibility index (Phi) is 8.33. The molecule has 0 aromatic heterocycles. The molecule has 0 aliphatic carbocycles. The van der Waals surface area contributed by atoms with E-state index in [0.717, 1.165) is 19.3 Å². The highest BCUT2D eigenvalue weighted by atomic mass is 16.3. The SMILES string of the molecule is CCC(N)CC(=O)NCC(CC)CCO. The molecular formula is C11H24N2O2. The number of amides is 1. The van der Waals surface area contributed by atoms with E-state index < -0.39 is 0 Å². The van der Waals surface area contributed by atoms with E-state index in [1.165, 1.54) is 0 Å². The predicted molar refractivity (Wildman–Crippen MR) is 61.4 cm³/mol. The number of aliphatic hydroxyl groups is 1. The van der Waals surface area contributed by atoms with Crippen LogP contribution in [0.3, 0.4) is 0 Å². The van der Waals surface area contributed by atoms with Crippen LogP contribution in [0.25, 0.3) is 0 Å². The average Bonchev–Trinajstić information content (AvgIpc) is 2.23. The molecule has 0 heterocycles. The summed E-state index contributed by atoms with van der Waals surface area (Å²) in [4.78, 5) is 11.4. The molecule has 15 heavy (non-hydrogen) atoms. The van der Waals surface area contributed by atoms with Gasteiger partial charge in [0.2, 0.25) is 5.91 Å². The van der Waals surface area contributed by atoms with Crippen LogP contribution in [0.4, 0.5) is 0 Å². The summed E-state index contributed by atoms with van der Waals surface area (Å²) in [5.41, 5.74) is 5.67. The van der Waals surface area contributed by atoms with E-state index in [0.29, 0.717) is 18.9 Å². The number of carbonyl (C=O) groups is 1. The first-order valence-electron chi connectivity index (χ1n) is 5.77. The van der Waals surface area contributed by atoms with E-state index in [-0.39, 0.29) is 18.6 Å². The quantitative estimate of drug-likeness (QED) is 0.557. The summed E-state index contributed by atoms with van der Waals surface area (Å²) in [6, 6.07) is -0.0390. The molecule has 4 heteroatoms. The van der Waals surface area contributed by atoms with E-state index >= 15 is 0 Å². The third-order valence-corrected chi connectivity index (χ3v) is 2.67. The van der Waals surface area contributed by atoms with Crippen molar-refractivity contribution in [2.75, 3.05) is 13.2 Å². The number of aliphatic hydroxyl groups excluding tert-OH is 1. The van der Waals surface area contributed by atoms with Crippen LogP contribution in [0, 0.1) is 5.92 Å². The summed E-state index contributed by atoms with van der Waals surface area (Å²) < 4.78 is 0. The van der Waals surface area contributed by atoms with Gasteiger partial charge >= 0.3 is 0 Å². The van der Waals surface area contributed by atoms with Gasteiger partial charge in [0, 0.05) is 25.6 Å². The second-order valence-electron chi connectivity index (χ2n) is 3.96. The lowest BCUT2D eigenvalue weighted by Gasteiger charge is -2.15. The molecule has 0 radical (unpaired) electrons. The molecule has 0 spiro atoms. The Morgan fingerprint density at radius 3 is 2.53 bits per heavy atom. The molecule has 0 fully saturated rings. The van der Waals surface area contributed by atoms with E-state index in [2.05, 4.69) is 12.2 Å². The molecule has 90 valence electrons. The maximum Gasteiger partial charge on any atom is 0.221 e. The van der Waals surface area contributed by atoms with Gasteiger partial charge in [0.15, 0.2) is 0 Å². The normalized spacial score (nSPS) is 14.7. The molecule has 0 aromatic rings. The van der Waals surface area contributed by atoms with Crippen LogP contribution < -0.4 is 11.1 Å². The highest BCUT2D eigenvalue weighted by molar-refractivity contribution is 5.76. The third kappa shape index (κ3) is 7.33. The standard InChI is InChI=1S/C11H24N2O2/c1-3-9(5-6-14)8-13-11(15)7-10(12)4-2/h9-10,14H,3-8,12H2,1-2H3,(H,13,15). The summed E-state index contributed by atoms with van der Waals surface area (Å²) in [6.07, 6.45) is 2.94. The fraction of sp³-hybridized carbons (Fsp3) is 0.909. The highest BCUT2D eigenvalue weighted by Gasteiger charge is 2.10. The van der Waals surface area contributed by atoms with Gasteiger partial charge in [-0.25, -0.2) is 0 Å². The lowest BCUT2D eigenvalue weighted by molar-refractivity contribution is -0.121. The number of nitrogens with two attached hydrogens (primary N) is 1. The summed E-state index contributed by atoms with van der Waals surface area (Å²) >= 11 is 0. The van der Waals surface area contributed by atoms with Gasteiger partial charge in [-0.3, -0.25) is 4.79 Å². The van der Waals surface area contributed by atoms with Crippen LogP contribution in [0.15, 0.2) is 0 Å². The van der Waals surface area contributed by atoms with Crippen molar-refractivity contribution in [2.24, 2.45) is 11.7 Å². The minimum atomic E-state index is -0.0390. The van der Waals surface area contributed by atoms with Crippen LogP contribution in [-0.2, 0) is 4.79 Å². The summed E-state index contributed by atoms with van der Waals surface area (Å²) in [7, 11) is 0. The molecule has 4 nitrogen and oxygen atoms in total. The number of rotatable bonds is 8. The maximum atomic E-state index is 11.4. The largest absolute Gasteiger partial charge is 0.396 e. The molecule has 0 saturated heterocycles. The van der Waals surface area contributed by atoms with Crippen molar-refractivity contribution < 1.29 is 9.90 Å². The molecular weight excluding hydrogens is 192 g/mol. The summed E-state index contributed by atoms with van der Waals surface area (Å²) in [5.74, 6) is 0.387. The Morgan fingerprint density at radius 2 is 2.07 bits per heavy atom. The number of hydrogen-bond acceptors (Lipinski definition) is 3. The third-order valence-electron chi connectivity index (χ3n) is 2.67. The topological polar surface area (TPSA) is 75.4 Å². The van der Waals surface area contributed by atoms with Crippen LogP contribution in [0.1, 0.15) is 39.5 Å². The first-order valence-corrected chi connectivity index (χ1v) is 5.77. The molecule has 0 aromatic carbocycles. The Morgan fingerprint density at radius 1 is 1.40 bits per heavy atom. The molecule has 0 aliphatic rings. The monoisotopic (exact) mass is 216 g/mol. The molecule has 0 saturated carbocycles. The second-order valence-corrected chi connectivity index (χ2v) is 3.96. The predicted octanol–water partition coefficient (Wildman–Crippen LogP) is 0.639. The molecule has 0 aliphatic heterocycles. The van der Waals surface area contributed by atoms with E-state index in [9.17, 15) is 4.79 Å². The fourth-order valence-corrected chi connectivity index (χ4v) is 1.35. The first kappa shape index (κ1) is 14.4. The second kappa shape index (κ2) is 8.68. The van der Waals surface area contributed by atoms with E-state index in [1.54, 1.807) is 0 Å². The molecule has 0 rings (SSSR count). The molecule has 2 unspecified atom stereocenters. The van der Waals surface area contributed by atoms with Crippen LogP contribution in [0.5, 0.6) is 0 Å². The maximum absolute atomic E-state index is 11.4. The van der Waals surface area contributed by atoms with Gasteiger partial charge in [-0.15, -0.1) is 0 Å². The number of nitrogens with one attached hydrogen (secondary N) is 1. The fourth-order valence-electron chi connectivity index (χ4n) is 1.35. The van der Waals surface area contributed by atoms with Gasteiger partial charge in [0.25, 0.3) is 0 Å². The van der Waals surface area contributed by atoms with Gasteiger partial charge in [0.05, 0.1) is 0 Å². The summed E-state index contributed by atoms with van der Waals surface area (Å²) in [5, 5.41) is 11.6. The van der Waals surface area contributed by atoms with Gasteiger partial charge in [-0.05, 0) is 18.8 Å². The van der Waals surface area contributed by atoms with Crippen LogP contribution in [-0.4, -0.2) is 30.2 Å². The van der Waals surface area contributed by atoms with Crippen LogP contribution >= 0.6 is 0 Å². The zero-order chi connectivity index (χ0) is 11.7. The van der Waals surface area contributed by atoms with Gasteiger partial charge in [-0.2, -0.15) is 0 Å². The van der Waals surface area contributed by atoms with Crippen molar-refractivity contribution in [1.29, 1.82) is 0 Å². The van der Waals surface area contributed by atoms with Gasteiger partial charge < -0.3 is 16.2 Å². The van der Waals surface area contributed by atoms with Crippen LogP contribution in [0.2, 0.25) is 0 Å². The van der Waals surface area contributed by atoms with E-state index in [1.807, 2.05) is 6.92 Å². The van der Waals surface area contributed by atoms with E-state index in [4.69, 9.17) is 10.8 Å². The zero-order valence-electron chi connectivity index (χ0n) is 9.83. The minimum Gasteiger partial charge on any atom is -0.396 e. The average molecular weight is 216 g/mol. The molecule has 0 bridgehead atoms. The Bertz CT molecular complexity index is 174. The van der Waals surface area contributed by atoms with Crippen molar-refractivity contribution in [3.8, 4) is 0 Å². The van der Waals surface area contributed by atoms with Crippen molar-refractivity contribution in [3.63, 3.8) is 0 Å². The zero-order valence-corrected chi connectivity index (χ0v) is 9.83. The number of carbonyl (C=O) groups excluding carboxylic acids is 1. The first-order chi connectivity index (χ1) is 7.13. The molecule has 2 atom stereocenters. The highest BCUT2D eigenvalue weighted by Crippen LogP contribution is 2.05. The van der Waals surface area contributed by atoms with Crippen molar-refractivity contribution in [2.45, 2.75) is 45.6 Å². The van der Waals surface area contributed by atoms with Crippen molar-refractivity contribution in [1.82, 2.24) is 5.32 Å². The smallest absolute Gasteiger partial charge is 0.221 e. The Balaban J connectivity index is 3.68. The van der Waals surface area contributed by atoms with Crippen molar-refractivity contribution >= 4 is 5.91 Å². The summed E-state index contributed by atoms with van der Waals surface area (Å²) in [6.45, 7) is 4.86. The molecule has 4 N–H and O–H groups in total. The Labute approximate surface area is 92.2 Å². The minimum absolute atomic E-state index is 0.0146. The lowest BCUT2D eigenvalue weighted by atomic mass is 10.0. The molecule has 1 amide bonds. The number of hydrogen-bond donors (Lipinski definition) is 3.